The Labute approximate surface area is 102 Å². The summed E-state index contributed by atoms with van der Waals surface area (Å²) in [6, 6.07) is 4.44. The third-order valence-corrected chi connectivity index (χ3v) is 2.53. The number of hydrogen-bond acceptors (Lipinski definition) is 2. The lowest BCUT2D eigenvalue weighted by atomic mass is 10.2. The van der Waals surface area contributed by atoms with Crippen molar-refractivity contribution in [3.8, 4) is 0 Å². The van der Waals surface area contributed by atoms with Crippen molar-refractivity contribution in [1.29, 1.82) is 0 Å². The van der Waals surface area contributed by atoms with Gasteiger partial charge in [-0.05, 0) is 19.1 Å². The van der Waals surface area contributed by atoms with Crippen LogP contribution in [0.3, 0.4) is 0 Å². The highest BCUT2D eigenvalue weighted by molar-refractivity contribution is 6.03. The molecule has 0 aliphatic rings. The van der Waals surface area contributed by atoms with Gasteiger partial charge in [-0.15, -0.1) is 0 Å². The maximum Gasteiger partial charge on any atom is 0.259 e. The lowest BCUT2D eigenvalue weighted by molar-refractivity contribution is 0.102. The fourth-order valence-electron chi connectivity index (χ4n) is 1.48. The summed E-state index contributed by atoms with van der Waals surface area (Å²) >= 11 is 0. The molecule has 2 aromatic rings. The van der Waals surface area contributed by atoms with E-state index in [1.54, 1.807) is 17.8 Å². The second-order valence-corrected chi connectivity index (χ2v) is 3.87. The quantitative estimate of drug-likeness (QED) is 0.889. The zero-order valence-corrected chi connectivity index (χ0v) is 9.87. The fraction of sp³-hybridized carbons (Fsp3) is 0.167. The first kappa shape index (κ1) is 12.2. The SMILES string of the molecule is Cc1cc(NC(=O)c2ccc(F)cc2F)nn1C. The fourth-order valence-corrected chi connectivity index (χ4v) is 1.48. The van der Waals surface area contributed by atoms with E-state index >= 15 is 0 Å². The molecular weight excluding hydrogens is 240 g/mol. The van der Waals surface area contributed by atoms with Crippen LogP contribution in [0.4, 0.5) is 14.6 Å². The molecule has 4 nitrogen and oxygen atoms in total. The summed E-state index contributed by atoms with van der Waals surface area (Å²) in [6.07, 6.45) is 0. The lowest BCUT2D eigenvalue weighted by Crippen LogP contribution is -2.14. The number of hydrogen-bond donors (Lipinski definition) is 1. The first-order valence-electron chi connectivity index (χ1n) is 5.24. The van der Waals surface area contributed by atoms with E-state index < -0.39 is 17.5 Å². The van der Waals surface area contributed by atoms with Gasteiger partial charge in [0.2, 0.25) is 0 Å². The predicted molar refractivity (Wildman–Crippen MR) is 62.3 cm³/mol. The van der Waals surface area contributed by atoms with E-state index in [1.807, 2.05) is 6.92 Å². The van der Waals surface area contributed by atoms with E-state index in [4.69, 9.17) is 0 Å². The first-order valence-corrected chi connectivity index (χ1v) is 5.24. The Hall–Kier alpha value is -2.24. The van der Waals surface area contributed by atoms with E-state index in [1.165, 1.54) is 0 Å². The molecule has 0 aliphatic heterocycles. The van der Waals surface area contributed by atoms with Gasteiger partial charge in [0.15, 0.2) is 5.82 Å². The molecule has 6 heteroatoms. The Bertz CT molecular complexity index is 588. The molecule has 0 saturated carbocycles. The number of anilines is 1. The largest absolute Gasteiger partial charge is 0.305 e. The van der Waals surface area contributed by atoms with Crippen molar-refractivity contribution in [1.82, 2.24) is 9.78 Å². The average molecular weight is 251 g/mol. The number of nitrogens with one attached hydrogen (secondary N) is 1. The smallest absolute Gasteiger partial charge is 0.259 e. The van der Waals surface area contributed by atoms with Gasteiger partial charge >= 0.3 is 0 Å². The van der Waals surface area contributed by atoms with Crippen LogP contribution in [0.5, 0.6) is 0 Å². The molecule has 0 spiro atoms. The van der Waals surface area contributed by atoms with Crippen LogP contribution in [0, 0.1) is 18.6 Å². The minimum absolute atomic E-state index is 0.222. The molecule has 1 amide bonds. The average Bonchev–Trinajstić information content (AvgIpc) is 2.57. The van der Waals surface area contributed by atoms with E-state index in [0.717, 1.165) is 17.8 Å². The Morgan fingerprint density at radius 1 is 1.33 bits per heavy atom. The highest BCUT2D eigenvalue weighted by Crippen LogP contribution is 2.13. The number of amides is 1. The van der Waals surface area contributed by atoms with Crippen molar-refractivity contribution >= 4 is 11.7 Å². The van der Waals surface area contributed by atoms with Gasteiger partial charge in [0, 0.05) is 24.9 Å². The molecule has 0 atom stereocenters. The normalized spacial score (nSPS) is 10.4. The number of carbonyl (C=O) groups excluding carboxylic acids is 1. The number of rotatable bonds is 2. The lowest BCUT2D eigenvalue weighted by Gasteiger charge is -2.03. The van der Waals surface area contributed by atoms with Crippen molar-refractivity contribution in [2.45, 2.75) is 6.92 Å². The Morgan fingerprint density at radius 2 is 2.06 bits per heavy atom. The van der Waals surface area contributed by atoms with Crippen LogP contribution in [0.25, 0.3) is 0 Å². The van der Waals surface area contributed by atoms with Crippen LogP contribution in [0.2, 0.25) is 0 Å². The number of carbonyl (C=O) groups is 1. The molecule has 0 bridgehead atoms. The summed E-state index contributed by atoms with van der Waals surface area (Å²) in [6.45, 7) is 1.82. The molecule has 18 heavy (non-hydrogen) atoms. The first-order chi connectivity index (χ1) is 8.47. The minimum atomic E-state index is -0.903. The van der Waals surface area contributed by atoms with Crippen molar-refractivity contribution in [3.63, 3.8) is 0 Å². The maximum absolute atomic E-state index is 13.4. The van der Waals surface area contributed by atoms with Gasteiger partial charge in [-0.2, -0.15) is 5.10 Å². The Kier molecular flexibility index (Phi) is 3.10. The topological polar surface area (TPSA) is 46.9 Å². The van der Waals surface area contributed by atoms with Gasteiger partial charge in [0.25, 0.3) is 5.91 Å². The summed E-state index contributed by atoms with van der Waals surface area (Å²) in [5, 5.41) is 6.46. The number of aryl methyl sites for hydroxylation is 2. The zero-order valence-electron chi connectivity index (χ0n) is 9.87. The van der Waals surface area contributed by atoms with Crippen molar-refractivity contribution in [2.75, 3.05) is 5.32 Å². The van der Waals surface area contributed by atoms with Crippen molar-refractivity contribution in [2.24, 2.45) is 7.05 Å². The van der Waals surface area contributed by atoms with E-state index in [0.29, 0.717) is 11.9 Å². The minimum Gasteiger partial charge on any atom is -0.305 e. The molecule has 1 heterocycles. The van der Waals surface area contributed by atoms with Crippen molar-refractivity contribution < 1.29 is 13.6 Å². The molecule has 1 aromatic carbocycles. The van der Waals surface area contributed by atoms with Crippen LogP contribution < -0.4 is 5.32 Å². The molecule has 1 N–H and O–H groups in total. The monoisotopic (exact) mass is 251 g/mol. The number of halogens is 2. The third-order valence-electron chi connectivity index (χ3n) is 2.53. The van der Waals surface area contributed by atoms with Crippen LogP contribution in [-0.2, 0) is 7.05 Å². The zero-order chi connectivity index (χ0) is 13.3. The summed E-state index contributed by atoms with van der Waals surface area (Å²) in [5.41, 5.74) is 0.629. The van der Waals surface area contributed by atoms with Crippen LogP contribution in [0.1, 0.15) is 16.1 Å². The predicted octanol–water partition coefficient (Wildman–Crippen LogP) is 2.26. The summed E-state index contributed by atoms with van der Waals surface area (Å²) in [5.74, 6) is -1.97. The van der Waals surface area contributed by atoms with E-state index in [-0.39, 0.29) is 5.56 Å². The molecule has 0 radical (unpaired) electrons. The summed E-state index contributed by atoms with van der Waals surface area (Å²) in [4.78, 5) is 11.7. The van der Waals surface area contributed by atoms with Crippen LogP contribution >= 0.6 is 0 Å². The molecule has 1 aromatic heterocycles. The number of benzene rings is 1. The standard InChI is InChI=1S/C12H11F2N3O/c1-7-5-11(16-17(7)2)15-12(18)9-4-3-8(13)6-10(9)14/h3-6H,1-2H3,(H,15,16,18). The molecule has 0 aliphatic carbocycles. The Morgan fingerprint density at radius 3 is 2.61 bits per heavy atom. The molecule has 0 fully saturated rings. The van der Waals surface area contributed by atoms with Gasteiger partial charge in [0.05, 0.1) is 5.56 Å². The molecule has 0 saturated heterocycles. The molecular formula is C12H11F2N3O. The van der Waals surface area contributed by atoms with E-state index in [9.17, 15) is 13.6 Å². The van der Waals surface area contributed by atoms with Gasteiger partial charge in [-0.25, -0.2) is 8.78 Å². The summed E-state index contributed by atoms with van der Waals surface area (Å²) in [7, 11) is 1.73. The van der Waals surface area contributed by atoms with Crippen LogP contribution in [0.15, 0.2) is 24.3 Å². The molecule has 94 valence electrons. The van der Waals surface area contributed by atoms with Crippen molar-refractivity contribution in [3.05, 3.63) is 47.2 Å². The highest BCUT2D eigenvalue weighted by atomic mass is 19.1. The van der Waals surface area contributed by atoms with E-state index in [2.05, 4.69) is 10.4 Å². The molecule has 2 rings (SSSR count). The maximum atomic E-state index is 13.4. The van der Waals surface area contributed by atoms with Gasteiger partial charge < -0.3 is 5.32 Å². The summed E-state index contributed by atoms with van der Waals surface area (Å²) < 4.78 is 27.6. The van der Waals surface area contributed by atoms with Gasteiger partial charge in [-0.3, -0.25) is 9.48 Å². The van der Waals surface area contributed by atoms with Gasteiger partial charge in [-0.1, -0.05) is 0 Å². The highest BCUT2D eigenvalue weighted by Gasteiger charge is 2.14. The third kappa shape index (κ3) is 2.37. The second kappa shape index (κ2) is 4.56. The molecule has 0 unspecified atom stereocenters. The Balaban J connectivity index is 2.22. The second-order valence-electron chi connectivity index (χ2n) is 3.87. The number of nitrogens with zero attached hydrogens (tertiary/aromatic N) is 2. The number of aromatic nitrogens is 2. The van der Waals surface area contributed by atoms with Crippen LogP contribution in [-0.4, -0.2) is 15.7 Å². The van der Waals surface area contributed by atoms with Gasteiger partial charge in [0.1, 0.15) is 11.6 Å².